The average Bonchev–Trinajstić information content (AvgIpc) is 2.79. The molecular weight excluding hydrogens is 399 g/mol. The number of amides is 2. The van der Waals surface area contributed by atoms with Gasteiger partial charge in [-0.2, -0.15) is 0 Å². The monoisotopic (exact) mass is 428 g/mol. The normalized spacial score (nSPS) is 15.3. The van der Waals surface area contributed by atoms with Crippen LogP contribution in [0.25, 0.3) is 0 Å². The minimum Gasteiger partial charge on any atom is -0.493 e. The number of nitrogens with zero attached hydrogens (tertiary/aromatic N) is 1. The molecule has 6 nitrogen and oxygen atoms in total. The van der Waals surface area contributed by atoms with E-state index in [0.717, 1.165) is 5.56 Å². The molecule has 2 aromatic rings. The zero-order chi connectivity index (χ0) is 22.4. The number of carbonyl (C=O) groups is 2. The number of carbonyl (C=O) groups excluding carboxylic acids is 2. The molecule has 3 rings (SSSR count). The lowest BCUT2D eigenvalue weighted by Crippen LogP contribution is -2.43. The summed E-state index contributed by atoms with van der Waals surface area (Å²) >= 11 is 0. The van der Waals surface area contributed by atoms with E-state index >= 15 is 0 Å². The molecule has 1 aliphatic heterocycles. The molecule has 2 aromatic carbocycles. The molecule has 2 amide bonds. The summed E-state index contributed by atoms with van der Waals surface area (Å²) in [5.74, 6) is 0.636. The number of hydrogen-bond acceptors (Lipinski definition) is 4. The first-order valence-corrected chi connectivity index (χ1v) is 10.6. The lowest BCUT2D eigenvalue weighted by Gasteiger charge is -2.32. The quantitative estimate of drug-likeness (QED) is 0.725. The molecule has 0 aromatic heterocycles. The van der Waals surface area contributed by atoms with Crippen molar-refractivity contribution < 1.29 is 23.5 Å². The van der Waals surface area contributed by atoms with Crippen molar-refractivity contribution >= 4 is 11.8 Å². The topological polar surface area (TPSA) is 67.9 Å². The fourth-order valence-corrected chi connectivity index (χ4v) is 3.76. The van der Waals surface area contributed by atoms with Crippen molar-refractivity contribution in [3.63, 3.8) is 0 Å². The van der Waals surface area contributed by atoms with Crippen LogP contribution >= 0.6 is 0 Å². The van der Waals surface area contributed by atoms with Gasteiger partial charge in [-0.1, -0.05) is 6.07 Å². The summed E-state index contributed by atoms with van der Waals surface area (Å²) in [6.07, 6.45) is 1.19. The Morgan fingerprint density at radius 1 is 1.13 bits per heavy atom. The van der Waals surface area contributed by atoms with Crippen LogP contribution in [0, 0.1) is 11.7 Å². The number of likely N-dealkylation sites (tertiary alicyclic amines) is 1. The zero-order valence-corrected chi connectivity index (χ0v) is 18.2. The highest BCUT2D eigenvalue weighted by Crippen LogP contribution is 2.30. The van der Waals surface area contributed by atoms with Crippen LogP contribution in [0.15, 0.2) is 42.5 Å². The van der Waals surface area contributed by atoms with Gasteiger partial charge in [0.1, 0.15) is 5.82 Å². The largest absolute Gasteiger partial charge is 0.493 e. The van der Waals surface area contributed by atoms with Gasteiger partial charge in [-0.05, 0) is 68.7 Å². The van der Waals surface area contributed by atoms with Gasteiger partial charge >= 0.3 is 0 Å². The zero-order valence-electron chi connectivity index (χ0n) is 18.2. The highest BCUT2D eigenvalue weighted by Gasteiger charge is 2.28. The van der Waals surface area contributed by atoms with Crippen LogP contribution in [0.2, 0.25) is 0 Å². The third-order valence-corrected chi connectivity index (χ3v) is 5.59. The third-order valence-electron chi connectivity index (χ3n) is 5.59. The molecule has 7 heteroatoms. The molecule has 1 atom stereocenters. The van der Waals surface area contributed by atoms with Crippen LogP contribution in [0.3, 0.4) is 0 Å². The summed E-state index contributed by atoms with van der Waals surface area (Å²) in [6.45, 7) is 5.39. The number of benzene rings is 2. The first kappa shape index (κ1) is 22.6. The number of nitrogens with one attached hydrogen (secondary N) is 1. The highest BCUT2D eigenvalue weighted by molar-refractivity contribution is 5.94. The molecule has 1 saturated heterocycles. The van der Waals surface area contributed by atoms with Crippen molar-refractivity contribution in [2.24, 2.45) is 5.92 Å². The second kappa shape index (κ2) is 10.3. The van der Waals surface area contributed by atoms with Crippen molar-refractivity contribution in [3.8, 4) is 11.5 Å². The minimum atomic E-state index is -0.369. The van der Waals surface area contributed by atoms with Crippen LogP contribution in [0.5, 0.6) is 11.5 Å². The van der Waals surface area contributed by atoms with Gasteiger partial charge in [-0.3, -0.25) is 9.59 Å². The Hall–Kier alpha value is -3.09. The maximum absolute atomic E-state index is 13.1. The van der Waals surface area contributed by atoms with Gasteiger partial charge in [0.2, 0.25) is 5.91 Å². The fourth-order valence-electron chi connectivity index (χ4n) is 3.76. The molecule has 1 unspecified atom stereocenters. The summed E-state index contributed by atoms with van der Waals surface area (Å²) in [5.41, 5.74) is 1.39. The predicted molar refractivity (Wildman–Crippen MR) is 116 cm³/mol. The fraction of sp³-hybridized carbons (Fsp3) is 0.417. The van der Waals surface area contributed by atoms with Crippen LogP contribution in [-0.4, -0.2) is 43.5 Å². The summed E-state index contributed by atoms with van der Waals surface area (Å²) in [5, 5.41) is 3.07. The van der Waals surface area contributed by atoms with Gasteiger partial charge in [0.15, 0.2) is 11.5 Å². The van der Waals surface area contributed by atoms with Gasteiger partial charge in [0.25, 0.3) is 5.91 Å². The van der Waals surface area contributed by atoms with Crippen molar-refractivity contribution in [3.05, 3.63) is 59.4 Å². The molecule has 0 spiro atoms. The van der Waals surface area contributed by atoms with Crippen molar-refractivity contribution in [2.75, 3.05) is 26.8 Å². The van der Waals surface area contributed by atoms with E-state index in [0.29, 0.717) is 49.6 Å². The van der Waals surface area contributed by atoms with Crippen molar-refractivity contribution in [1.82, 2.24) is 10.2 Å². The van der Waals surface area contributed by atoms with Crippen LogP contribution < -0.4 is 14.8 Å². The Morgan fingerprint density at radius 2 is 1.81 bits per heavy atom. The highest BCUT2D eigenvalue weighted by atomic mass is 19.1. The van der Waals surface area contributed by atoms with E-state index in [2.05, 4.69) is 5.32 Å². The van der Waals surface area contributed by atoms with E-state index in [1.54, 1.807) is 12.0 Å². The number of piperidine rings is 1. The molecule has 1 N–H and O–H groups in total. The number of methoxy groups -OCH3 is 1. The average molecular weight is 429 g/mol. The molecule has 0 aliphatic carbocycles. The first-order valence-electron chi connectivity index (χ1n) is 10.6. The van der Waals surface area contributed by atoms with Crippen molar-refractivity contribution in [2.45, 2.75) is 32.7 Å². The third kappa shape index (κ3) is 5.54. The van der Waals surface area contributed by atoms with Crippen LogP contribution in [0.1, 0.15) is 48.7 Å². The van der Waals surface area contributed by atoms with Crippen LogP contribution in [-0.2, 0) is 4.79 Å². The predicted octanol–water partition coefficient (Wildman–Crippen LogP) is 3.96. The SMILES string of the molecule is CCOc1ccc(C(C)NC(=O)C2CCN(C(=O)c3ccc(F)cc3)CC2)cc1OC. The molecule has 31 heavy (non-hydrogen) atoms. The maximum Gasteiger partial charge on any atom is 0.253 e. The molecule has 0 bridgehead atoms. The number of hydrogen-bond donors (Lipinski definition) is 1. The molecule has 1 fully saturated rings. The Balaban J connectivity index is 1.55. The molecule has 1 heterocycles. The molecule has 0 saturated carbocycles. The first-order chi connectivity index (χ1) is 14.9. The van der Waals surface area contributed by atoms with E-state index in [4.69, 9.17) is 9.47 Å². The Kier molecular flexibility index (Phi) is 7.50. The van der Waals surface area contributed by atoms with Gasteiger partial charge in [-0.15, -0.1) is 0 Å². The Bertz CT molecular complexity index is 908. The standard InChI is InChI=1S/C24H29FN2O4/c1-4-31-21-10-7-19(15-22(21)30-3)16(2)26-23(28)17-11-13-27(14-12-17)24(29)18-5-8-20(25)9-6-18/h5-10,15-17H,4,11-14H2,1-3H3,(H,26,28). The van der Waals surface area contributed by atoms with Gasteiger partial charge in [0.05, 0.1) is 19.8 Å². The van der Waals surface area contributed by atoms with Gasteiger partial charge in [-0.25, -0.2) is 4.39 Å². The maximum atomic E-state index is 13.1. The minimum absolute atomic E-state index is 0.0192. The van der Waals surface area contributed by atoms with E-state index in [-0.39, 0.29) is 29.6 Å². The Labute approximate surface area is 182 Å². The number of ether oxygens (including phenoxy) is 2. The summed E-state index contributed by atoms with van der Waals surface area (Å²) in [4.78, 5) is 27.1. The van der Waals surface area contributed by atoms with Gasteiger partial charge in [0, 0.05) is 24.6 Å². The van der Waals surface area contributed by atoms with Crippen molar-refractivity contribution in [1.29, 1.82) is 0 Å². The summed E-state index contributed by atoms with van der Waals surface area (Å²) < 4.78 is 24.0. The Morgan fingerprint density at radius 3 is 2.42 bits per heavy atom. The molecule has 166 valence electrons. The summed E-state index contributed by atoms with van der Waals surface area (Å²) in [7, 11) is 1.59. The molecular formula is C24H29FN2O4. The smallest absolute Gasteiger partial charge is 0.253 e. The van der Waals surface area contributed by atoms with E-state index in [1.807, 2.05) is 32.0 Å². The summed E-state index contributed by atoms with van der Waals surface area (Å²) in [6, 6.07) is 11.0. The van der Waals surface area contributed by atoms with E-state index in [9.17, 15) is 14.0 Å². The second-order valence-electron chi connectivity index (χ2n) is 7.65. The lowest BCUT2D eigenvalue weighted by molar-refractivity contribution is -0.127. The van der Waals surface area contributed by atoms with E-state index in [1.165, 1.54) is 24.3 Å². The second-order valence-corrected chi connectivity index (χ2v) is 7.65. The lowest BCUT2D eigenvalue weighted by atomic mass is 9.94. The van der Waals surface area contributed by atoms with Gasteiger partial charge < -0.3 is 19.7 Å². The van der Waals surface area contributed by atoms with Crippen LogP contribution in [0.4, 0.5) is 4.39 Å². The molecule has 0 radical (unpaired) electrons. The number of halogens is 1. The number of rotatable bonds is 7. The molecule has 1 aliphatic rings. The van der Waals surface area contributed by atoms with E-state index < -0.39 is 0 Å².